The van der Waals surface area contributed by atoms with Crippen LogP contribution in [0.5, 0.6) is 0 Å². The average Bonchev–Trinajstić information content (AvgIpc) is 2.96. The Labute approximate surface area is 114 Å². The highest BCUT2D eigenvalue weighted by Gasteiger charge is 2.30. The Kier molecular flexibility index (Phi) is 4.95. The Bertz CT molecular complexity index is 369. The lowest BCUT2D eigenvalue weighted by Gasteiger charge is -2.28. The van der Waals surface area contributed by atoms with Crippen LogP contribution in [-0.4, -0.2) is 29.1 Å². The van der Waals surface area contributed by atoms with Crippen LogP contribution in [0, 0.1) is 5.92 Å². The predicted molar refractivity (Wildman–Crippen MR) is 75.1 cm³/mol. The second-order valence-electron chi connectivity index (χ2n) is 5.10. The van der Waals surface area contributed by atoms with Crippen molar-refractivity contribution in [2.75, 3.05) is 18.6 Å². The summed E-state index contributed by atoms with van der Waals surface area (Å²) < 4.78 is 9.43. The summed E-state index contributed by atoms with van der Waals surface area (Å²) in [6.45, 7) is 6.26. The molecule has 1 aromatic heterocycles. The Morgan fingerprint density at radius 2 is 2.39 bits per heavy atom. The van der Waals surface area contributed by atoms with E-state index >= 15 is 0 Å². The van der Waals surface area contributed by atoms with E-state index in [0.29, 0.717) is 12.6 Å². The van der Waals surface area contributed by atoms with Crippen LogP contribution in [0.3, 0.4) is 0 Å². The highest BCUT2D eigenvalue weighted by atomic mass is 32.1. The van der Waals surface area contributed by atoms with Gasteiger partial charge in [-0.25, -0.2) is 4.98 Å². The molecule has 2 rings (SSSR count). The number of rotatable bonds is 6. The lowest BCUT2D eigenvalue weighted by atomic mass is 9.95. The lowest BCUT2D eigenvalue weighted by Crippen LogP contribution is -2.34. The van der Waals surface area contributed by atoms with E-state index in [9.17, 15) is 0 Å². The van der Waals surface area contributed by atoms with Gasteiger partial charge in [-0.15, -0.1) is 0 Å². The normalized spacial score (nSPS) is 21.5. The molecule has 2 heterocycles. The number of nitrogens with zero attached hydrogens (tertiary/aromatic N) is 3. The van der Waals surface area contributed by atoms with Crippen LogP contribution in [0.4, 0.5) is 5.13 Å². The lowest BCUT2D eigenvalue weighted by molar-refractivity contribution is 0.179. The van der Waals surface area contributed by atoms with Gasteiger partial charge in [-0.1, -0.05) is 20.3 Å². The quantitative estimate of drug-likeness (QED) is 0.795. The zero-order valence-corrected chi connectivity index (χ0v) is 12.4. The number of aromatic nitrogens is 2. The first kappa shape index (κ1) is 13.7. The summed E-state index contributed by atoms with van der Waals surface area (Å²) >= 11 is 1.51. The topological polar surface area (TPSA) is 38.2 Å². The molecule has 0 aromatic carbocycles. The molecule has 1 aliphatic heterocycles. The third-order valence-electron chi connectivity index (χ3n) is 3.68. The van der Waals surface area contributed by atoms with Gasteiger partial charge < -0.3 is 9.64 Å². The number of anilines is 1. The van der Waals surface area contributed by atoms with Gasteiger partial charge in [0, 0.05) is 31.2 Å². The SMILES string of the molecule is CCCC(C)C1CCCN1c1nc(COC)ns1. The molecular formula is C13H23N3OS. The molecule has 0 spiro atoms. The predicted octanol–water partition coefficient (Wildman–Crippen LogP) is 3.09. The largest absolute Gasteiger partial charge is 0.377 e. The van der Waals surface area contributed by atoms with E-state index < -0.39 is 0 Å². The summed E-state index contributed by atoms with van der Waals surface area (Å²) in [6.07, 6.45) is 5.12. The molecule has 2 unspecified atom stereocenters. The van der Waals surface area contributed by atoms with E-state index in [4.69, 9.17) is 4.74 Å². The van der Waals surface area contributed by atoms with Crippen molar-refractivity contribution in [3.8, 4) is 0 Å². The Balaban J connectivity index is 2.05. The van der Waals surface area contributed by atoms with Crippen LogP contribution in [-0.2, 0) is 11.3 Å². The van der Waals surface area contributed by atoms with Gasteiger partial charge in [0.05, 0.1) is 0 Å². The minimum Gasteiger partial charge on any atom is -0.377 e. The van der Waals surface area contributed by atoms with Crippen LogP contribution < -0.4 is 4.90 Å². The maximum absolute atomic E-state index is 5.08. The molecule has 1 aliphatic rings. The zero-order valence-electron chi connectivity index (χ0n) is 11.6. The molecule has 0 bridgehead atoms. The molecule has 0 radical (unpaired) electrons. The molecule has 0 N–H and O–H groups in total. The Hall–Kier alpha value is -0.680. The maximum Gasteiger partial charge on any atom is 0.205 e. The van der Waals surface area contributed by atoms with E-state index in [1.54, 1.807) is 7.11 Å². The van der Waals surface area contributed by atoms with Crippen molar-refractivity contribution >= 4 is 16.7 Å². The summed E-state index contributed by atoms with van der Waals surface area (Å²) in [4.78, 5) is 7.04. The van der Waals surface area contributed by atoms with Gasteiger partial charge in [0.15, 0.2) is 5.82 Å². The van der Waals surface area contributed by atoms with Crippen molar-refractivity contribution in [3.63, 3.8) is 0 Å². The smallest absolute Gasteiger partial charge is 0.205 e. The molecular weight excluding hydrogens is 246 g/mol. The van der Waals surface area contributed by atoms with Crippen LogP contribution in [0.25, 0.3) is 0 Å². The van der Waals surface area contributed by atoms with Crippen LogP contribution in [0.1, 0.15) is 45.4 Å². The highest BCUT2D eigenvalue weighted by Crippen LogP contribution is 2.32. The van der Waals surface area contributed by atoms with E-state index in [0.717, 1.165) is 23.4 Å². The maximum atomic E-state index is 5.08. The van der Waals surface area contributed by atoms with Crippen molar-refractivity contribution in [3.05, 3.63) is 5.82 Å². The van der Waals surface area contributed by atoms with Gasteiger partial charge in [0.2, 0.25) is 5.13 Å². The number of hydrogen-bond acceptors (Lipinski definition) is 5. The molecule has 2 atom stereocenters. The summed E-state index contributed by atoms with van der Waals surface area (Å²) in [5.41, 5.74) is 0. The molecule has 0 aliphatic carbocycles. The highest BCUT2D eigenvalue weighted by molar-refractivity contribution is 7.09. The van der Waals surface area contributed by atoms with E-state index in [2.05, 4.69) is 28.1 Å². The van der Waals surface area contributed by atoms with Gasteiger partial charge in [-0.05, 0) is 25.2 Å². The fourth-order valence-electron chi connectivity index (χ4n) is 2.82. The Morgan fingerprint density at radius 1 is 1.56 bits per heavy atom. The van der Waals surface area contributed by atoms with Crippen molar-refractivity contribution in [2.24, 2.45) is 5.92 Å². The minimum absolute atomic E-state index is 0.513. The summed E-state index contributed by atoms with van der Waals surface area (Å²) in [6, 6.07) is 0.647. The first-order chi connectivity index (χ1) is 8.76. The number of methoxy groups -OCH3 is 1. The van der Waals surface area contributed by atoms with Crippen LogP contribution in [0.15, 0.2) is 0 Å². The molecule has 102 valence electrons. The van der Waals surface area contributed by atoms with Crippen molar-refractivity contribution in [2.45, 2.75) is 52.2 Å². The average molecular weight is 269 g/mol. The van der Waals surface area contributed by atoms with Crippen LogP contribution in [0.2, 0.25) is 0 Å². The van der Waals surface area contributed by atoms with E-state index in [-0.39, 0.29) is 0 Å². The molecule has 5 heteroatoms. The standard InChI is InChI=1S/C13H23N3OS/c1-4-6-10(2)11-7-5-8-16(11)13-14-12(9-17-3)15-18-13/h10-11H,4-9H2,1-3H3. The molecule has 0 amide bonds. The zero-order chi connectivity index (χ0) is 13.0. The molecule has 1 saturated heterocycles. The second kappa shape index (κ2) is 6.48. The number of ether oxygens (including phenoxy) is 1. The molecule has 4 nitrogen and oxygen atoms in total. The van der Waals surface area contributed by atoms with E-state index in [1.165, 1.54) is 37.2 Å². The third kappa shape index (κ3) is 3.01. The van der Waals surface area contributed by atoms with Crippen LogP contribution >= 0.6 is 11.5 Å². The van der Waals surface area contributed by atoms with Crippen molar-refractivity contribution in [1.29, 1.82) is 0 Å². The van der Waals surface area contributed by atoms with Crippen molar-refractivity contribution < 1.29 is 4.74 Å². The fourth-order valence-corrected chi connectivity index (χ4v) is 3.58. The monoisotopic (exact) mass is 269 g/mol. The third-order valence-corrected chi connectivity index (χ3v) is 4.47. The van der Waals surface area contributed by atoms with Gasteiger partial charge in [-0.2, -0.15) is 4.37 Å². The van der Waals surface area contributed by atoms with Gasteiger partial charge >= 0.3 is 0 Å². The minimum atomic E-state index is 0.513. The first-order valence-electron chi connectivity index (χ1n) is 6.84. The molecule has 18 heavy (non-hydrogen) atoms. The molecule has 1 fully saturated rings. The number of hydrogen-bond donors (Lipinski definition) is 0. The second-order valence-corrected chi connectivity index (χ2v) is 5.83. The summed E-state index contributed by atoms with van der Waals surface area (Å²) in [7, 11) is 1.68. The van der Waals surface area contributed by atoms with Crippen molar-refractivity contribution in [1.82, 2.24) is 9.36 Å². The van der Waals surface area contributed by atoms with Gasteiger partial charge in [0.25, 0.3) is 0 Å². The first-order valence-corrected chi connectivity index (χ1v) is 7.61. The fraction of sp³-hybridized carbons (Fsp3) is 0.846. The summed E-state index contributed by atoms with van der Waals surface area (Å²) in [5, 5.41) is 1.08. The molecule has 1 aromatic rings. The van der Waals surface area contributed by atoms with Gasteiger partial charge in [0.1, 0.15) is 6.61 Å². The molecule has 0 saturated carbocycles. The Morgan fingerprint density at radius 3 is 3.11 bits per heavy atom. The van der Waals surface area contributed by atoms with Gasteiger partial charge in [-0.3, -0.25) is 0 Å². The summed E-state index contributed by atoms with van der Waals surface area (Å²) in [5.74, 6) is 1.55. The van der Waals surface area contributed by atoms with E-state index in [1.807, 2.05) is 0 Å².